The Kier molecular flexibility index (Phi) is 5.97. The summed E-state index contributed by atoms with van der Waals surface area (Å²) < 4.78 is 5.80. The van der Waals surface area contributed by atoms with Gasteiger partial charge in [-0.05, 0) is 32.8 Å². The van der Waals surface area contributed by atoms with Crippen LogP contribution in [0.1, 0.15) is 32.8 Å². The molecule has 0 unspecified atom stereocenters. The van der Waals surface area contributed by atoms with Crippen LogP contribution in [0.4, 0.5) is 10.6 Å². The first-order valence-electron chi connectivity index (χ1n) is 9.07. The summed E-state index contributed by atoms with van der Waals surface area (Å²) in [5.41, 5.74) is 0.744. The maximum Gasteiger partial charge on any atom is 0.416 e. The minimum Gasteiger partial charge on any atom is -0.444 e. The molecule has 144 valence electrons. The van der Waals surface area contributed by atoms with E-state index in [9.17, 15) is 4.79 Å². The van der Waals surface area contributed by atoms with Crippen molar-refractivity contribution < 1.29 is 9.53 Å². The van der Waals surface area contributed by atoms with Gasteiger partial charge in [-0.25, -0.2) is 9.78 Å². The number of hydrogen-bond donors (Lipinski definition) is 0. The van der Waals surface area contributed by atoms with Gasteiger partial charge in [0.15, 0.2) is 5.82 Å². The van der Waals surface area contributed by atoms with Crippen molar-refractivity contribution >= 4 is 23.5 Å². The summed E-state index contributed by atoms with van der Waals surface area (Å²) in [5, 5.41) is 0.240. The predicted octanol–water partition coefficient (Wildman–Crippen LogP) is 4.15. The Labute approximate surface area is 165 Å². The van der Waals surface area contributed by atoms with Gasteiger partial charge in [-0.15, -0.1) is 0 Å². The first-order chi connectivity index (χ1) is 12.8. The normalized spacial score (nSPS) is 17.7. The zero-order valence-electron chi connectivity index (χ0n) is 15.9. The number of amides is 1. The van der Waals surface area contributed by atoms with E-state index in [0.29, 0.717) is 5.82 Å². The average Bonchev–Trinajstić information content (AvgIpc) is 3.01. The van der Waals surface area contributed by atoms with Crippen molar-refractivity contribution in [2.24, 2.45) is 0 Å². The van der Waals surface area contributed by atoms with Crippen molar-refractivity contribution in [2.45, 2.75) is 45.4 Å². The molecule has 1 amide bonds. The van der Waals surface area contributed by atoms with E-state index in [1.807, 2.05) is 39.0 Å². The number of halogens is 1. The van der Waals surface area contributed by atoms with Crippen LogP contribution < -0.4 is 4.90 Å². The number of nitrogens with zero attached hydrogens (tertiary/aromatic N) is 4. The van der Waals surface area contributed by atoms with E-state index >= 15 is 0 Å². The molecular weight excluding hydrogens is 364 g/mol. The summed E-state index contributed by atoms with van der Waals surface area (Å²) in [6, 6.07) is 10.3. The fraction of sp³-hybridized carbons (Fsp3) is 0.450. The standard InChI is InChI=1S/C20H25ClN4O2/c1-20(2,3)25(18-12-22-11-17(21)23-18)19(26)27-16-9-10-24(14-16)13-15-7-5-4-6-8-15/h4-8,11-12,16H,9-10,13-14H2,1-3H3/t16-/m1/s1. The van der Waals surface area contributed by atoms with Crippen molar-refractivity contribution in [1.82, 2.24) is 14.9 Å². The molecule has 0 saturated carbocycles. The van der Waals surface area contributed by atoms with Gasteiger partial charge >= 0.3 is 6.09 Å². The number of anilines is 1. The van der Waals surface area contributed by atoms with Gasteiger partial charge in [0.25, 0.3) is 0 Å². The lowest BCUT2D eigenvalue weighted by Gasteiger charge is -2.34. The highest BCUT2D eigenvalue weighted by atomic mass is 35.5. The van der Waals surface area contributed by atoms with E-state index in [4.69, 9.17) is 16.3 Å². The van der Waals surface area contributed by atoms with Gasteiger partial charge < -0.3 is 4.74 Å². The number of carbonyl (C=O) groups is 1. The van der Waals surface area contributed by atoms with E-state index in [1.54, 1.807) is 0 Å². The monoisotopic (exact) mass is 388 g/mol. The Morgan fingerprint density at radius 3 is 2.70 bits per heavy atom. The number of hydrogen-bond acceptors (Lipinski definition) is 5. The highest BCUT2D eigenvalue weighted by Gasteiger charge is 2.34. The lowest BCUT2D eigenvalue weighted by molar-refractivity contribution is 0.102. The molecule has 1 saturated heterocycles. The summed E-state index contributed by atoms with van der Waals surface area (Å²) in [5.74, 6) is 0.388. The number of likely N-dealkylation sites (tertiary alicyclic amines) is 1. The van der Waals surface area contributed by atoms with Gasteiger partial charge in [-0.3, -0.25) is 14.8 Å². The number of rotatable bonds is 4. The van der Waals surface area contributed by atoms with Crippen LogP contribution >= 0.6 is 11.6 Å². The third kappa shape index (κ3) is 5.17. The van der Waals surface area contributed by atoms with Crippen LogP contribution in [0.25, 0.3) is 0 Å². The quantitative estimate of drug-likeness (QED) is 0.787. The summed E-state index contributed by atoms with van der Waals surface area (Å²) in [4.78, 5) is 25.0. The number of benzene rings is 1. The molecular formula is C20H25ClN4O2. The molecule has 1 atom stereocenters. The highest BCUT2D eigenvalue weighted by molar-refractivity contribution is 6.29. The first-order valence-corrected chi connectivity index (χ1v) is 9.45. The Bertz CT molecular complexity index is 779. The minimum absolute atomic E-state index is 0.141. The Hall–Kier alpha value is -2.18. The van der Waals surface area contributed by atoms with Crippen LogP contribution in [0.5, 0.6) is 0 Å². The van der Waals surface area contributed by atoms with Crippen LogP contribution in [-0.2, 0) is 11.3 Å². The van der Waals surface area contributed by atoms with Crippen molar-refractivity contribution in [3.63, 3.8) is 0 Å². The molecule has 1 aliphatic rings. The fourth-order valence-corrected chi connectivity index (χ4v) is 3.37. The lowest BCUT2D eigenvalue weighted by atomic mass is 10.1. The topological polar surface area (TPSA) is 58.6 Å². The van der Waals surface area contributed by atoms with Crippen molar-refractivity contribution in [1.29, 1.82) is 0 Å². The molecule has 6 nitrogen and oxygen atoms in total. The maximum atomic E-state index is 12.9. The lowest BCUT2D eigenvalue weighted by Crippen LogP contribution is -2.48. The highest BCUT2D eigenvalue weighted by Crippen LogP contribution is 2.25. The van der Waals surface area contributed by atoms with E-state index in [1.165, 1.54) is 22.9 Å². The molecule has 1 aliphatic heterocycles. The van der Waals surface area contributed by atoms with Crippen LogP contribution in [0.3, 0.4) is 0 Å². The van der Waals surface area contributed by atoms with Gasteiger partial charge in [-0.1, -0.05) is 41.9 Å². The number of carbonyl (C=O) groups excluding carboxylic acids is 1. The van der Waals surface area contributed by atoms with Crippen LogP contribution in [0.2, 0.25) is 5.15 Å². The number of aromatic nitrogens is 2. The summed E-state index contributed by atoms with van der Waals surface area (Å²) in [6.07, 6.45) is 3.21. The summed E-state index contributed by atoms with van der Waals surface area (Å²) in [6.45, 7) is 8.25. The summed E-state index contributed by atoms with van der Waals surface area (Å²) in [7, 11) is 0. The average molecular weight is 389 g/mol. The number of ether oxygens (including phenoxy) is 1. The second-order valence-corrected chi connectivity index (χ2v) is 8.11. The van der Waals surface area contributed by atoms with Gasteiger partial charge in [0.2, 0.25) is 0 Å². The minimum atomic E-state index is -0.515. The van der Waals surface area contributed by atoms with Gasteiger partial charge in [0.05, 0.1) is 12.4 Å². The third-order valence-corrected chi connectivity index (χ3v) is 4.60. The zero-order valence-corrected chi connectivity index (χ0v) is 16.7. The van der Waals surface area contributed by atoms with E-state index in [-0.39, 0.29) is 11.3 Å². The second-order valence-electron chi connectivity index (χ2n) is 7.72. The fourth-order valence-electron chi connectivity index (χ4n) is 3.23. The van der Waals surface area contributed by atoms with Gasteiger partial charge in [0.1, 0.15) is 11.3 Å². The molecule has 3 rings (SSSR count). The molecule has 7 heteroatoms. The molecule has 0 aliphatic carbocycles. The molecule has 2 heterocycles. The van der Waals surface area contributed by atoms with E-state index in [0.717, 1.165) is 26.1 Å². The Morgan fingerprint density at radius 1 is 1.30 bits per heavy atom. The van der Waals surface area contributed by atoms with Crippen molar-refractivity contribution in [2.75, 3.05) is 18.0 Å². The molecule has 0 bridgehead atoms. The molecule has 1 aromatic carbocycles. The van der Waals surface area contributed by atoms with E-state index in [2.05, 4.69) is 27.0 Å². The smallest absolute Gasteiger partial charge is 0.416 e. The Morgan fingerprint density at radius 2 is 2.04 bits per heavy atom. The molecule has 1 aromatic heterocycles. The molecule has 27 heavy (non-hydrogen) atoms. The predicted molar refractivity (Wildman–Crippen MR) is 106 cm³/mol. The van der Waals surface area contributed by atoms with Crippen LogP contribution in [-0.4, -0.2) is 45.7 Å². The SMILES string of the molecule is CC(C)(C)N(C(=O)O[C@@H]1CCN(Cc2ccccc2)C1)c1cncc(Cl)n1. The first kappa shape index (κ1) is 19.6. The molecule has 0 N–H and O–H groups in total. The van der Waals surface area contributed by atoms with Gasteiger partial charge in [0, 0.05) is 25.2 Å². The third-order valence-electron chi connectivity index (χ3n) is 4.42. The molecule has 0 radical (unpaired) electrons. The zero-order chi connectivity index (χ0) is 19.4. The van der Waals surface area contributed by atoms with Gasteiger partial charge in [-0.2, -0.15) is 0 Å². The van der Waals surface area contributed by atoms with Crippen LogP contribution in [0.15, 0.2) is 42.7 Å². The van der Waals surface area contributed by atoms with Crippen LogP contribution in [0, 0.1) is 0 Å². The van der Waals surface area contributed by atoms with E-state index < -0.39 is 11.6 Å². The maximum absolute atomic E-state index is 12.9. The second kappa shape index (κ2) is 8.23. The van der Waals surface area contributed by atoms with Crippen molar-refractivity contribution in [3.8, 4) is 0 Å². The van der Waals surface area contributed by atoms with Crippen molar-refractivity contribution in [3.05, 3.63) is 53.4 Å². The largest absolute Gasteiger partial charge is 0.444 e. The molecule has 0 spiro atoms. The Balaban J connectivity index is 1.64. The summed E-state index contributed by atoms with van der Waals surface area (Å²) >= 11 is 5.95. The molecule has 1 fully saturated rings. The molecule has 2 aromatic rings.